The summed E-state index contributed by atoms with van der Waals surface area (Å²) < 4.78 is 0. The highest BCUT2D eigenvalue weighted by molar-refractivity contribution is 4.82. The van der Waals surface area contributed by atoms with Crippen LogP contribution in [0.1, 0.15) is 0 Å². The van der Waals surface area contributed by atoms with Crippen LogP contribution in [0, 0.1) is 0 Å². The fourth-order valence-corrected chi connectivity index (χ4v) is 0.441. The van der Waals surface area contributed by atoms with Crippen LogP contribution < -0.4 is 5.73 Å². The molecule has 0 aliphatic carbocycles. The summed E-state index contributed by atoms with van der Waals surface area (Å²) in [5, 5.41) is 1.47. The van der Waals surface area contributed by atoms with Gasteiger partial charge in [0.15, 0.2) is 0 Å². The number of rotatable bonds is 1. The summed E-state index contributed by atoms with van der Waals surface area (Å²) >= 11 is 0. The van der Waals surface area contributed by atoms with Gasteiger partial charge >= 0.3 is 0 Å². The summed E-state index contributed by atoms with van der Waals surface area (Å²) in [7, 11) is 0. The summed E-state index contributed by atoms with van der Waals surface area (Å²) in [5.41, 5.74) is 6.75. The average molecular weight is 99.1 g/mol. The van der Waals surface area contributed by atoms with Crippen molar-refractivity contribution in [2.75, 3.05) is 13.3 Å². The lowest BCUT2D eigenvalue weighted by Crippen LogP contribution is -2.14. The maximum Gasteiger partial charge on any atom is 0.107 e. The van der Waals surface area contributed by atoms with Gasteiger partial charge in [-0.2, -0.15) is 0 Å². The van der Waals surface area contributed by atoms with E-state index in [4.69, 9.17) is 10.6 Å². The third-order valence-corrected chi connectivity index (χ3v) is 0.764. The van der Waals surface area contributed by atoms with Crippen molar-refractivity contribution in [3.63, 3.8) is 0 Å². The number of nitrogens with zero attached hydrogens (tertiary/aromatic N) is 1. The largest absolute Gasteiger partial charge is 0.269 e. The predicted molar refractivity (Wildman–Crippen MR) is 24.9 cm³/mol. The van der Waals surface area contributed by atoms with Crippen LogP contribution in [0.5, 0.6) is 0 Å². The zero-order valence-electron chi connectivity index (χ0n) is 3.92. The minimum atomic E-state index is 0.191. The van der Waals surface area contributed by atoms with Crippen LogP contribution in [0.15, 0.2) is 12.3 Å². The van der Waals surface area contributed by atoms with Gasteiger partial charge in [-0.1, -0.05) is 0 Å². The van der Waals surface area contributed by atoms with Gasteiger partial charge in [-0.3, -0.25) is 4.84 Å². The van der Waals surface area contributed by atoms with E-state index in [2.05, 4.69) is 0 Å². The van der Waals surface area contributed by atoms with E-state index in [9.17, 15) is 0 Å². The lowest BCUT2D eigenvalue weighted by molar-refractivity contribution is -0.0890. The van der Waals surface area contributed by atoms with Crippen molar-refractivity contribution in [3.8, 4) is 0 Å². The Balaban J connectivity index is 2.28. The second-order valence-electron chi connectivity index (χ2n) is 1.26. The van der Waals surface area contributed by atoms with Gasteiger partial charge in [0.25, 0.3) is 0 Å². The highest BCUT2D eigenvalue weighted by Gasteiger charge is 1.98. The smallest absolute Gasteiger partial charge is 0.107 e. The monoisotopic (exact) mass is 99.1 g/mol. The molecule has 7 heavy (non-hydrogen) atoms. The van der Waals surface area contributed by atoms with E-state index in [-0.39, 0.29) is 6.67 Å². The highest BCUT2D eigenvalue weighted by atomic mass is 16.7. The zero-order chi connectivity index (χ0) is 5.11. The Bertz CT molecular complexity index is 81.8. The van der Waals surface area contributed by atoms with Gasteiger partial charge in [0.05, 0.1) is 6.61 Å². The fraction of sp³-hybridized carbons (Fsp3) is 0.500. The fourth-order valence-electron chi connectivity index (χ4n) is 0.441. The average Bonchev–Trinajstić information content (AvgIpc) is 2.14. The molecule has 0 bridgehead atoms. The number of hydrogen-bond acceptors (Lipinski definition) is 2. The summed E-state index contributed by atoms with van der Waals surface area (Å²) in [4.78, 5) is 4.84. The first kappa shape index (κ1) is 4.61. The molecule has 0 saturated heterocycles. The second-order valence-corrected chi connectivity index (χ2v) is 1.26. The first-order valence-electron chi connectivity index (χ1n) is 2.14. The van der Waals surface area contributed by atoms with E-state index in [1.54, 1.807) is 6.20 Å². The quantitative estimate of drug-likeness (QED) is 0.463. The molecule has 0 atom stereocenters. The predicted octanol–water partition coefficient (Wildman–Crippen LogP) is -0.0123. The van der Waals surface area contributed by atoms with Crippen LogP contribution in [0.3, 0.4) is 0 Å². The normalized spacial score (nSPS) is 18.7. The van der Waals surface area contributed by atoms with Crippen molar-refractivity contribution in [3.05, 3.63) is 12.3 Å². The van der Waals surface area contributed by atoms with Gasteiger partial charge in [-0.25, -0.2) is 10.8 Å². The van der Waals surface area contributed by atoms with E-state index >= 15 is 0 Å². The van der Waals surface area contributed by atoms with Gasteiger partial charge in [0, 0.05) is 6.20 Å². The molecule has 0 aromatic heterocycles. The molecular weight excluding hydrogens is 92.1 g/mol. The standard InChI is InChI=1S/C4H7N2O/c5-4-6-2-1-3-7-6/h1-2,5H,3-4H2. The third-order valence-electron chi connectivity index (χ3n) is 0.764. The molecule has 1 heterocycles. The van der Waals surface area contributed by atoms with Gasteiger partial charge < -0.3 is 0 Å². The summed E-state index contributed by atoms with van der Waals surface area (Å²) in [6.45, 7) is 0.815. The molecule has 1 N–H and O–H groups in total. The van der Waals surface area contributed by atoms with Crippen molar-refractivity contribution in [1.29, 1.82) is 0 Å². The third kappa shape index (κ3) is 0.913. The van der Waals surface area contributed by atoms with Crippen molar-refractivity contribution in [2.45, 2.75) is 0 Å². The summed E-state index contributed by atoms with van der Waals surface area (Å²) in [5.74, 6) is 0. The van der Waals surface area contributed by atoms with E-state index < -0.39 is 0 Å². The maximum atomic E-state index is 6.75. The molecule has 1 rings (SSSR count). The van der Waals surface area contributed by atoms with Crippen molar-refractivity contribution in [2.24, 2.45) is 0 Å². The molecule has 0 spiro atoms. The molecule has 0 fully saturated rings. The molecule has 39 valence electrons. The summed E-state index contributed by atoms with van der Waals surface area (Å²) in [6, 6.07) is 0. The van der Waals surface area contributed by atoms with E-state index in [0.717, 1.165) is 0 Å². The Morgan fingerprint density at radius 3 is 3.00 bits per heavy atom. The van der Waals surface area contributed by atoms with E-state index in [1.807, 2.05) is 6.08 Å². The molecule has 0 unspecified atom stereocenters. The van der Waals surface area contributed by atoms with Crippen molar-refractivity contribution in [1.82, 2.24) is 10.8 Å². The van der Waals surface area contributed by atoms with Crippen molar-refractivity contribution < 1.29 is 4.84 Å². The minimum absolute atomic E-state index is 0.191. The SMILES string of the molecule is [NH]CN1C=CCO1. The molecule has 0 aromatic carbocycles. The second kappa shape index (κ2) is 1.95. The highest BCUT2D eigenvalue weighted by Crippen LogP contribution is 1.96. The van der Waals surface area contributed by atoms with E-state index in [0.29, 0.717) is 6.61 Å². The van der Waals surface area contributed by atoms with Crippen molar-refractivity contribution >= 4 is 0 Å². The molecule has 1 aliphatic heterocycles. The molecule has 1 aliphatic rings. The lowest BCUT2D eigenvalue weighted by atomic mass is 10.7. The number of hydroxylamine groups is 2. The van der Waals surface area contributed by atoms with Gasteiger partial charge in [0.1, 0.15) is 6.67 Å². The molecule has 0 aromatic rings. The van der Waals surface area contributed by atoms with E-state index in [1.165, 1.54) is 5.06 Å². The Morgan fingerprint density at radius 2 is 2.71 bits per heavy atom. The molecular formula is C4H7N2O. The van der Waals surface area contributed by atoms with Gasteiger partial charge in [-0.05, 0) is 6.08 Å². The van der Waals surface area contributed by atoms with Crippen LogP contribution in [0.2, 0.25) is 0 Å². The Labute approximate surface area is 42.3 Å². The number of nitrogens with one attached hydrogen (secondary N) is 1. The lowest BCUT2D eigenvalue weighted by Gasteiger charge is -2.07. The molecule has 3 nitrogen and oxygen atoms in total. The summed E-state index contributed by atoms with van der Waals surface area (Å²) in [6.07, 6.45) is 3.63. The minimum Gasteiger partial charge on any atom is -0.269 e. The topological polar surface area (TPSA) is 36.3 Å². The zero-order valence-corrected chi connectivity index (χ0v) is 3.92. The van der Waals surface area contributed by atoms with Crippen LogP contribution in [0.4, 0.5) is 0 Å². The van der Waals surface area contributed by atoms with Crippen LogP contribution in [-0.4, -0.2) is 18.3 Å². The number of hydrogen-bond donors (Lipinski definition) is 0. The maximum absolute atomic E-state index is 6.75. The van der Waals surface area contributed by atoms with Gasteiger partial charge in [-0.15, -0.1) is 0 Å². The molecule has 3 heteroatoms. The molecule has 0 amide bonds. The van der Waals surface area contributed by atoms with Crippen LogP contribution in [-0.2, 0) is 4.84 Å². The van der Waals surface area contributed by atoms with Crippen LogP contribution in [0.25, 0.3) is 0 Å². The Hall–Kier alpha value is -0.540. The first-order chi connectivity index (χ1) is 3.43. The molecule has 1 radical (unpaired) electrons. The van der Waals surface area contributed by atoms with Gasteiger partial charge in [0.2, 0.25) is 0 Å². The first-order valence-corrected chi connectivity index (χ1v) is 2.14. The Kier molecular flexibility index (Phi) is 1.29. The van der Waals surface area contributed by atoms with Crippen LogP contribution >= 0.6 is 0 Å². The molecule has 0 saturated carbocycles. The Morgan fingerprint density at radius 1 is 1.86 bits per heavy atom.